The van der Waals surface area contributed by atoms with Crippen molar-refractivity contribution in [1.82, 2.24) is 4.90 Å². The maximum atomic E-state index is 12.8. The lowest BCUT2D eigenvalue weighted by Gasteiger charge is -2.27. The van der Waals surface area contributed by atoms with Gasteiger partial charge >= 0.3 is 0 Å². The molecule has 3 rings (SSSR count). The van der Waals surface area contributed by atoms with Crippen LogP contribution in [0.15, 0.2) is 35.4 Å². The fourth-order valence-electron chi connectivity index (χ4n) is 3.33. The maximum absolute atomic E-state index is 12.8. The molecule has 1 amide bonds. The second kappa shape index (κ2) is 7.78. The molecule has 2 aliphatic rings. The van der Waals surface area contributed by atoms with Gasteiger partial charge in [-0.05, 0) is 38.3 Å². The Kier molecular flexibility index (Phi) is 5.48. The van der Waals surface area contributed by atoms with Gasteiger partial charge in [0.15, 0.2) is 5.78 Å². The van der Waals surface area contributed by atoms with Crippen molar-refractivity contribution in [1.29, 1.82) is 0 Å². The first-order valence-corrected chi connectivity index (χ1v) is 8.85. The van der Waals surface area contributed by atoms with Crippen LogP contribution in [0.2, 0.25) is 0 Å². The summed E-state index contributed by atoms with van der Waals surface area (Å²) in [6.45, 7) is 2.87. The summed E-state index contributed by atoms with van der Waals surface area (Å²) >= 11 is 0. The molecular formula is C19H25N3O3. The smallest absolute Gasteiger partial charge is 0.269 e. The number of anilines is 1. The van der Waals surface area contributed by atoms with E-state index >= 15 is 0 Å². The summed E-state index contributed by atoms with van der Waals surface area (Å²) in [4.78, 5) is 26.5. The van der Waals surface area contributed by atoms with Crippen LogP contribution in [-0.4, -0.2) is 54.6 Å². The molecule has 2 atom stereocenters. The fourth-order valence-corrected chi connectivity index (χ4v) is 3.33. The predicted molar refractivity (Wildman–Crippen MR) is 96.7 cm³/mol. The average molecular weight is 343 g/mol. The van der Waals surface area contributed by atoms with Crippen LogP contribution in [0.3, 0.4) is 0 Å². The van der Waals surface area contributed by atoms with E-state index in [-0.39, 0.29) is 17.8 Å². The SMILES string of the molecule is CC(=O)C1CC(C(=O)N(C)CC2CCCCO2)=NN1c1ccccc1. The minimum absolute atomic E-state index is 0.00803. The molecule has 2 aliphatic heterocycles. The zero-order chi connectivity index (χ0) is 17.8. The molecule has 0 spiro atoms. The largest absolute Gasteiger partial charge is 0.376 e. The van der Waals surface area contributed by atoms with Gasteiger partial charge in [0.25, 0.3) is 5.91 Å². The zero-order valence-corrected chi connectivity index (χ0v) is 14.9. The predicted octanol–water partition coefficient (Wildman–Crippen LogP) is 2.24. The number of carbonyl (C=O) groups excluding carboxylic acids is 2. The first-order valence-electron chi connectivity index (χ1n) is 8.85. The summed E-state index contributed by atoms with van der Waals surface area (Å²) < 4.78 is 5.71. The molecule has 0 saturated carbocycles. The number of nitrogens with zero attached hydrogens (tertiary/aromatic N) is 3. The van der Waals surface area contributed by atoms with Crippen molar-refractivity contribution in [3.05, 3.63) is 30.3 Å². The lowest BCUT2D eigenvalue weighted by molar-refractivity contribution is -0.125. The standard InChI is InChI=1S/C19H25N3O3/c1-14(23)18-12-17(20-22(18)15-8-4-3-5-9-15)19(24)21(2)13-16-10-6-7-11-25-16/h3-5,8-9,16,18H,6-7,10-13H2,1-2H3. The highest BCUT2D eigenvalue weighted by Gasteiger charge is 2.35. The number of benzene rings is 1. The number of ether oxygens (including phenoxy) is 1. The molecule has 0 aromatic heterocycles. The molecule has 6 nitrogen and oxygen atoms in total. The van der Waals surface area contributed by atoms with E-state index in [0.29, 0.717) is 18.7 Å². The number of para-hydroxylation sites is 1. The highest BCUT2D eigenvalue weighted by Crippen LogP contribution is 2.25. The number of hydrazone groups is 1. The molecule has 0 radical (unpaired) electrons. The number of hydrogen-bond donors (Lipinski definition) is 0. The van der Waals surface area contributed by atoms with E-state index in [1.165, 1.54) is 0 Å². The van der Waals surface area contributed by atoms with Crippen molar-refractivity contribution in [2.75, 3.05) is 25.2 Å². The second-order valence-electron chi connectivity index (χ2n) is 6.73. The second-order valence-corrected chi connectivity index (χ2v) is 6.73. The summed E-state index contributed by atoms with van der Waals surface area (Å²) in [5.41, 5.74) is 1.26. The van der Waals surface area contributed by atoms with Gasteiger partial charge in [-0.25, -0.2) is 0 Å². The molecule has 25 heavy (non-hydrogen) atoms. The van der Waals surface area contributed by atoms with E-state index in [0.717, 1.165) is 31.6 Å². The quantitative estimate of drug-likeness (QED) is 0.822. The molecular weight excluding hydrogens is 318 g/mol. The summed E-state index contributed by atoms with van der Waals surface area (Å²) in [5, 5.41) is 6.14. The van der Waals surface area contributed by atoms with Crippen molar-refractivity contribution in [3.63, 3.8) is 0 Å². The summed E-state index contributed by atoms with van der Waals surface area (Å²) in [6, 6.07) is 9.08. The number of amides is 1. The Balaban J connectivity index is 1.72. The van der Waals surface area contributed by atoms with E-state index in [4.69, 9.17) is 4.74 Å². The van der Waals surface area contributed by atoms with E-state index in [1.807, 2.05) is 30.3 Å². The first-order chi connectivity index (χ1) is 12.1. The third-order valence-electron chi connectivity index (χ3n) is 4.75. The lowest BCUT2D eigenvalue weighted by atomic mass is 10.1. The minimum Gasteiger partial charge on any atom is -0.376 e. The highest BCUT2D eigenvalue weighted by molar-refractivity contribution is 6.40. The topological polar surface area (TPSA) is 62.2 Å². The van der Waals surface area contributed by atoms with Crippen LogP contribution in [0.4, 0.5) is 5.69 Å². The molecule has 1 fully saturated rings. The van der Waals surface area contributed by atoms with Gasteiger partial charge in [-0.2, -0.15) is 5.10 Å². The molecule has 0 bridgehead atoms. The van der Waals surface area contributed by atoms with Crippen molar-refractivity contribution in [2.45, 2.75) is 44.8 Å². The molecule has 2 unspecified atom stereocenters. The Morgan fingerprint density at radius 1 is 1.28 bits per heavy atom. The average Bonchev–Trinajstić information content (AvgIpc) is 3.08. The van der Waals surface area contributed by atoms with Gasteiger partial charge in [-0.15, -0.1) is 0 Å². The van der Waals surface area contributed by atoms with Crippen LogP contribution < -0.4 is 5.01 Å². The van der Waals surface area contributed by atoms with Crippen LogP contribution in [0, 0.1) is 0 Å². The number of hydrogen-bond acceptors (Lipinski definition) is 5. The number of carbonyl (C=O) groups is 2. The third-order valence-corrected chi connectivity index (χ3v) is 4.75. The Morgan fingerprint density at radius 2 is 2.04 bits per heavy atom. The van der Waals surface area contributed by atoms with Gasteiger partial charge in [0.05, 0.1) is 11.8 Å². The van der Waals surface area contributed by atoms with Crippen LogP contribution in [0.1, 0.15) is 32.6 Å². The first kappa shape index (κ1) is 17.6. The number of ketones is 1. The maximum Gasteiger partial charge on any atom is 0.269 e. The number of Topliss-reactive ketones (excluding diaryl/α,β-unsaturated/α-hetero) is 1. The lowest BCUT2D eigenvalue weighted by Crippen LogP contribution is -2.40. The van der Waals surface area contributed by atoms with Gasteiger partial charge in [0.1, 0.15) is 11.8 Å². The van der Waals surface area contributed by atoms with E-state index in [1.54, 1.807) is 23.9 Å². The van der Waals surface area contributed by atoms with Crippen molar-refractivity contribution < 1.29 is 14.3 Å². The Morgan fingerprint density at radius 3 is 2.68 bits per heavy atom. The molecule has 134 valence electrons. The minimum atomic E-state index is -0.416. The molecule has 6 heteroatoms. The van der Waals surface area contributed by atoms with Gasteiger partial charge in [-0.3, -0.25) is 14.6 Å². The van der Waals surface area contributed by atoms with E-state index in [9.17, 15) is 9.59 Å². The highest BCUT2D eigenvalue weighted by atomic mass is 16.5. The van der Waals surface area contributed by atoms with E-state index < -0.39 is 6.04 Å². The van der Waals surface area contributed by atoms with Gasteiger partial charge < -0.3 is 9.64 Å². The number of rotatable bonds is 5. The van der Waals surface area contributed by atoms with Crippen LogP contribution >= 0.6 is 0 Å². The van der Waals surface area contributed by atoms with E-state index in [2.05, 4.69) is 5.10 Å². The number of likely N-dealkylation sites (N-methyl/N-ethyl adjacent to an activating group) is 1. The van der Waals surface area contributed by atoms with Crippen LogP contribution in [0.5, 0.6) is 0 Å². The van der Waals surface area contributed by atoms with Crippen LogP contribution in [0.25, 0.3) is 0 Å². The molecule has 1 saturated heterocycles. The van der Waals surface area contributed by atoms with Crippen molar-refractivity contribution in [3.8, 4) is 0 Å². The third kappa shape index (κ3) is 4.07. The summed E-state index contributed by atoms with van der Waals surface area (Å²) in [6.07, 6.45) is 3.66. The Bertz CT molecular complexity index is 653. The Hall–Kier alpha value is -2.21. The molecule has 1 aromatic rings. The zero-order valence-electron chi connectivity index (χ0n) is 14.9. The van der Waals surface area contributed by atoms with Gasteiger partial charge in [-0.1, -0.05) is 18.2 Å². The Labute approximate surface area is 148 Å². The summed E-state index contributed by atoms with van der Waals surface area (Å²) in [7, 11) is 1.77. The monoisotopic (exact) mass is 343 g/mol. The molecule has 2 heterocycles. The molecule has 0 aliphatic carbocycles. The summed E-state index contributed by atoms with van der Waals surface area (Å²) in [5.74, 6) is -0.118. The van der Waals surface area contributed by atoms with Crippen LogP contribution in [-0.2, 0) is 14.3 Å². The fraction of sp³-hybridized carbons (Fsp3) is 0.526. The van der Waals surface area contributed by atoms with Crippen molar-refractivity contribution >= 4 is 23.1 Å². The van der Waals surface area contributed by atoms with Gasteiger partial charge in [0.2, 0.25) is 0 Å². The van der Waals surface area contributed by atoms with Gasteiger partial charge in [0, 0.05) is 26.6 Å². The molecule has 0 N–H and O–H groups in total. The normalized spacial score (nSPS) is 23.3. The van der Waals surface area contributed by atoms with Crippen molar-refractivity contribution in [2.24, 2.45) is 5.10 Å². The molecule has 1 aromatic carbocycles.